The molecule has 0 amide bonds. The second kappa shape index (κ2) is 8.74. The van der Waals surface area contributed by atoms with Gasteiger partial charge in [-0.25, -0.2) is 0 Å². The molecule has 2 N–H and O–H groups in total. The molecule has 0 aliphatic heterocycles. The van der Waals surface area contributed by atoms with Gasteiger partial charge in [-0.3, -0.25) is 4.79 Å². The van der Waals surface area contributed by atoms with E-state index in [9.17, 15) is 4.79 Å². The Morgan fingerprint density at radius 2 is 1.77 bits per heavy atom. The van der Waals surface area contributed by atoms with Gasteiger partial charge >= 0.3 is 0 Å². The van der Waals surface area contributed by atoms with E-state index in [-0.39, 0.29) is 5.78 Å². The third-order valence-corrected chi connectivity index (χ3v) is 5.02. The quantitative estimate of drug-likeness (QED) is 0.377. The molecule has 0 aliphatic rings. The lowest BCUT2D eigenvalue weighted by molar-refractivity contribution is 0.0971. The first-order valence-electron chi connectivity index (χ1n) is 9.94. The van der Waals surface area contributed by atoms with E-state index in [1.54, 1.807) is 13.3 Å². The molecule has 5 nitrogen and oxygen atoms in total. The number of rotatable bonds is 8. The Labute approximate surface area is 175 Å². The van der Waals surface area contributed by atoms with Gasteiger partial charge in [-0.2, -0.15) is 0 Å². The highest BCUT2D eigenvalue weighted by Crippen LogP contribution is 2.33. The zero-order valence-electron chi connectivity index (χ0n) is 17.0. The van der Waals surface area contributed by atoms with Crippen molar-refractivity contribution in [1.29, 1.82) is 0 Å². The molecule has 152 valence electrons. The van der Waals surface area contributed by atoms with Gasteiger partial charge in [0.1, 0.15) is 6.04 Å². The molecule has 0 spiro atoms. The number of methoxy groups -OCH3 is 1. The third kappa shape index (κ3) is 3.87. The van der Waals surface area contributed by atoms with Crippen LogP contribution in [-0.2, 0) is 0 Å². The SMILES string of the molecule is CCOc1ccc(NC(C(=O)c2c[nH]c3ccccc23)c2ccccc2)cc1OC. The molecule has 1 heterocycles. The minimum absolute atomic E-state index is 0.00787. The smallest absolute Gasteiger partial charge is 0.191 e. The van der Waals surface area contributed by atoms with Crippen LogP contribution in [0.4, 0.5) is 5.69 Å². The number of hydrogen-bond acceptors (Lipinski definition) is 4. The number of carbonyl (C=O) groups excluding carboxylic acids is 1. The minimum Gasteiger partial charge on any atom is -0.493 e. The Kier molecular flexibility index (Phi) is 5.70. The average Bonchev–Trinajstić information content (AvgIpc) is 3.23. The summed E-state index contributed by atoms with van der Waals surface area (Å²) in [7, 11) is 1.60. The van der Waals surface area contributed by atoms with Gasteiger partial charge in [-0.15, -0.1) is 0 Å². The van der Waals surface area contributed by atoms with Crippen LogP contribution in [0.15, 0.2) is 79.0 Å². The van der Waals surface area contributed by atoms with E-state index in [0.717, 1.165) is 22.2 Å². The van der Waals surface area contributed by atoms with E-state index in [1.165, 1.54) is 0 Å². The molecule has 0 saturated heterocycles. The Morgan fingerprint density at radius 3 is 2.53 bits per heavy atom. The van der Waals surface area contributed by atoms with Crippen LogP contribution in [0.2, 0.25) is 0 Å². The zero-order chi connectivity index (χ0) is 20.9. The molecule has 0 radical (unpaired) electrons. The number of H-pyrrole nitrogens is 1. The molecule has 1 atom stereocenters. The number of carbonyl (C=O) groups is 1. The molecule has 5 heteroatoms. The summed E-state index contributed by atoms with van der Waals surface area (Å²) in [5.41, 5.74) is 3.26. The first-order valence-corrected chi connectivity index (χ1v) is 9.94. The van der Waals surface area contributed by atoms with Crippen LogP contribution in [-0.4, -0.2) is 24.5 Å². The number of para-hydroxylation sites is 1. The highest BCUT2D eigenvalue weighted by atomic mass is 16.5. The number of aromatic amines is 1. The highest BCUT2D eigenvalue weighted by molar-refractivity contribution is 6.11. The summed E-state index contributed by atoms with van der Waals surface area (Å²) >= 11 is 0. The molecule has 0 bridgehead atoms. The van der Waals surface area contributed by atoms with Crippen LogP contribution in [0.5, 0.6) is 11.5 Å². The summed E-state index contributed by atoms with van der Waals surface area (Å²) in [6, 6.07) is 22.6. The molecule has 4 aromatic rings. The van der Waals surface area contributed by atoms with E-state index in [0.29, 0.717) is 23.7 Å². The number of Topliss-reactive ketones (excluding diaryl/α,β-unsaturated/α-hetero) is 1. The summed E-state index contributed by atoms with van der Waals surface area (Å²) < 4.78 is 11.1. The summed E-state index contributed by atoms with van der Waals surface area (Å²) in [5.74, 6) is 1.28. The third-order valence-electron chi connectivity index (χ3n) is 5.02. The fourth-order valence-corrected chi connectivity index (χ4v) is 3.58. The number of nitrogens with one attached hydrogen (secondary N) is 2. The number of hydrogen-bond donors (Lipinski definition) is 2. The van der Waals surface area contributed by atoms with Crippen LogP contribution in [0.25, 0.3) is 10.9 Å². The Balaban J connectivity index is 1.72. The van der Waals surface area contributed by atoms with Crippen molar-refractivity contribution in [1.82, 2.24) is 4.98 Å². The van der Waals surface area contributed by atoms with E-state index in [2.05, 4.69) is 10.3 Å². The number of aromatic nitrogens is 1. The normalized spacial score (nSPS) is 11.8. The van der Waals surface area contributed by atoms with Crippen molar-refractivity contribution in [2.45, 2.75) is 13.0 Å². The highest BCUT2D eigenvalue weighted by Gasteiger charge is 2.24. The van der Waals surface area contributed by atoms with Gasteiger partial charge in [0.25, 0.3) is 0 Å². The van der Waals surface area contributed by atoms with Crippen molar-refractivity contribution in [3.05, 3.63) is 90.1 Å². The standard InChI is InChI=1S/C25H24N2O3/c1-3-30-22-14-13-18(15-23(22)29-2)27-24(17-9-5-4-6-10-17)25(28)20-16-26-21-12-8-7-11-19(20)21/h4-16,24,26-27H,3H2,1-2H3. The Bertz CT molecular complexity index is 1150. The van der Waals surface area contributed by atoms with Gasteiger partial charge in [0.2, 0.25) is 0 Å². The zero-order valence-corrected chi connectivity index (χ0v) is 17.0. The van der Waals surface area contributed by atoms with Crippen molar-refractivity contribution in [3.63, 3.8) is 0 Å². The number of ether oxygens (including phenoxy) is 2. The Hall–Kier alpha value is -3.73. The van der Waals surface area contributed by atoms with Crippen LogP contribution in [0.1, 0.15) is 28.9 Å². The van der Waals surface area contributed by atoms with Crippen molar-refractivity contribution in [2.24, 2.45) is 0 Å². The van der Waals surface area contributed by atoms with E-state index >= 15 is 0 Å². The van der Waals surface area contributed by atoms with Gasteiger partial charge < -0.3 is 19.8 Å². The predicted molar refractivity (Wildman–Crippen MR) is 120 cm³/mol. The maximum absolute atomic E-state index is 13.6. The number of anilines is 1. The molecule has 30 heavy (non-hydrogen) atoms. The van der Waals surface area contributed by atoms with E-state index in [4.69, 9.17) is 9.47 Å². The molecular formula is C25H24N2O3. The van der Waals surface area contributed by atoms with Crippen molar-refractivity contribution in [2.75, 3.05) is 19.0 Å². The summed E-state index contributed by atoms with van der Waals surface area (Å²) in [6.07, 6.45) is 1.78. The number of ketones is 1. The van der Waals surface area contributed by atoms with Gasteiger partial charge in [-0.05, 0) is 30.7 Å². The topological polar surface area (TPSA) is 63.3 Å². The van der Waals surface area contributed by atoms with Gasteiger partial charge in [0.15, 0.2) is 17.3 Å². The molecule has 1 unspecified atom stereocenters. The van der Waals surface area contributed by atoms with Crippen molar-refractivity contribution < 1.29 is 14.3 Å². The second-order valence-electron chi connectivity index (χ2n) is 6.90. The van der Waals surface area contributed by atoms with Crippen LogP contribution >= 0.6 is 0 Å². The van der Waals surface area contributed by atoms with Crippen LogP contribution in [0.3, 0.4) is 0 Å². The maximum Gasteiger partial charge on any atom is 0.191 e. The largest absolute Gasteiger partial charge is 0.493 e. The van der Waals surface area contributed by atoms with Gasteiger partial charge in [0, 0.05) is 34.4 Å². The maximum atomic E-state index is 13.6. The predicted octanol–water partition coefficient (Wildman–Crippen LogP) is 5.61. The molecule has 0 aliphatic carbocycles. The number of fused-ring (bicyclic) bond motifs is 1. The fraction of sp³-hybridized carbons (Fsp3) is 0.160. The van der Waals surface area contributed by atoms with Gasteiger partial charge in [0.05, 0.1) is 13.7 Å². The minimum atomic E-state index is -0.548. The van der Waals surface area contributed by atoms with E-state index in [1.807, 2.05) is 79.7 Å². The summed E-state index contributed by atoms with van der Waals surface area (Å²) in [6.45, 7) is 2.48. The molecule has 4 rings (SSSR count). The van der Waals surface area contributed by atoms with E-state index < -0.39 is 6.04 Å². The summed E-state index contributed by atoms with van der Waals surface area (Å²) in [4.78, 5) is 16.8. The lowest BCUT2D eigenvalue weighted by Crippen LogP contribution is -2.21. The molecule has 1 aromatic heterocycles. The van der Waals surface area contributed by atoms with Crippen molar-refractivity contribution in [3.8, 4) is 11.5 Å². The monoisotopic (exact) mass is 400 g/mol. The Morgan fingerprint density at radius 1 is 1.00 bits per heavy atom. The lowest BCUT2D eigenvalue weighted by atomic mass is 9.96. The van der Waals surface area contributed by atoms with Crippen LogP contribution in [0, 0.1) is 0 Å². The second-order valence-corrected chi connectivity index (χ2v) is 6.90. The summed E-state index contributed by atoms with van der Waals surface area (Å²) in [5, 5.41) is 4.30. The lowest BCUT2D eigenvalue weighted by Gasteiger charge is -2.20. The first kappa shape index (κ1) is 19.6. The molecule has 3 aromatic carbocycles. The molecule has 0 saturated carbocycles. The van der Waals surface area contributed by atoms with Gasteiger partial charge in [-0.1, -0.05) is 48.5 Å². The fourth-order valence-electron chi connectivity index (χ4n) is 3.58. The van der Waals surface area contributed by atoms with Crippen molar-refractivity contribution >= 4 is 22.4 Å². The molecule has 0 fully saturated rings. The average molecular weight is 400 g/mol. The molecular weight excluding hydrogens is 376 g/mol. The number of benzene rings is 3. The first-order chi connectivity index (χ1) is 14.7. The van der Waals surface area contributed by atoms with Crippen LogP contribution < -0.4 is 14.8 Å².